The number of pyridine rings is 1. The first-order valence-corrected chi connectivity index (χ1v) is 8.25. The highest BCUT2D eigenvalue weighted by Crippen LogP contribution is 2.30. The molecule has 2 amide bonds. The summed E-state index contributed by atoms with van der Waals surface area (Å²) in [4.78, 5) is 30.6. The first-order valence-electron chi connectivity index (χ1n) is 8.25. The highest BCUT2D eigenvalue weighted by molar-refractivity contribution is 5.95. The van der Waals surface area contributed by atoms with E-state index in [1.54, 1.807) is 24.6 Å². The molecule has 0 aliphatic carbocycles. The molecule has 2 aromatic heterocycles. The molecule has 2 aromatic rings. The van der Waals surface area contributed by atoms with E-state index in [-0.39, 0.29) is 24.0 Å². The van der Waals surface area contributed by atoms with Gasteiger partial charge >= 0.3 is 0 Å². The average molecular weight is 328 g/mol. The molecule has 2 saturated heterocycles. The second-order valence-electron chi connectivity index (χ2n) is 6.64. The van der Waals surface area contributed by atoms with E-state index in [0.29, 0.717) is 17.2 Å². The average Bonchev–Trinajstić information content (AvgIpc) is 3.17. The van der Waals surface area contributed by atoms with Gasteiger partial charge in [0.25, 0.3) is 5.91 Å². The first-order chi connectivity index (χ1) is 11.6. The Bertz CT molecular complexity index is 787. The SMILES string of the molecule is CC(=O)NC1[C@H](NC(=O)c2cc3ccoc3cn2)C[C@H]2CCN1C2. The molecule has 0 spiro atoms. The summed E-state index contributed by atoms with van der Waals surface area (Å²) in [7, 11) is 0. The lowest BCUT2D eigenvalue weighted by Gasteiger charge is -2.39. The Morgan fingerprint density at radius 1 is 1.38 bits per heavy atom. The van der Waals surface area contributed by atoms with Gasteiger partial charge in [-0.1, -0.05) is 0 Å². The molecule has 0 radical (unpaired) electrons. The largest absolute Gasteiger partial charge is 0.463 e. The van der Waals surface area contributed by atoms with Crippen molar-refractivity contribution in [3.63, 3.8) is 0 Å². The second-order valence-corrected chi connectivity index (χ2v) is 6.64. The molecule has 126 valence electrons. The normalized spacial score (nSPS) is 28.7. The van der Waals surface area contributed by atoms with Crippen molar-refractivity contribution in [2.75, 3.05) is 13.1 Å². The van der Waals surface area contributed by atoms with Gasteiger partial charge in [0.1, 0.15) is 11.9 Å². The van der Waals surface area contributed by atoms with Crippen molar-refractivity contribution in [2.24, 2.45) is 5.92 Å². The lowest BCUT2D eigenvalue weighted by molar-refractivity contribution is -0.121. The minimum atomic E-state index is -0.221. The molecule has 4 heterocycles. The molecule has 0 aromatic carbocycles. The van der Waals surface area contributed by atoms with Crippen molar-refractivity contribution in [2.45, 2.75) is 32.0 Å². The van der Waals surface area contributed by atoms with Crippen LogP contribution in [0.3, 0.4) is 0 Å². The summed E-state index contributed by atoms with van der Waals surface area (Å²) < 4.78 is 5.25. The summed E-state index contributed by atoms with van der Waals surface area (Å²) in [6.07, 6.45) is 4.97. The van der Waals surface area contributed by atoms with Crippen molar-refractivity contribution in [3.8, 4) is 0 Å². The van der Waals surface area contributed by atoms with Gasteiger partial charge in [-0.15, -0.1) is 0 Å². The zero-order chi connectivity index (χ0) is 16.7. The van der Waals surface area contributed by atoms with E-state index < -0.39 is 0 Å². The van der Waals surface area contributed by atoms with Crippen LogP contribution >= 0.6 is 0 Å². The van der Waals surface area contributed by atoms with Crippen LogP contribution in [0.1, 0.15) is 30.3 Å². The van der Waals surface area contributed by atoms with Gasteiger partial charge < -0.3 is 15.1 Å². The van der Waals surface area contributed by atoms with Crippen LogP contribution in [0, 0.1) is 5.92 Å². The van der Waals surface area contributed by atoms with E-state index in [1.165, 1.54) is 6.92 Å². The Labute approximate surface area is 139 Å². The maximum absolute atomic E-state index is 12.6. The Morgan fingerprint density at radius 2 is 2.25 bits per heavy atom. The zero-order valence-electron chi connectivity index (χ0n) is 13.5. The van der Waals surface area contributed by atoms with Crippen molar-refractivity contribution >= 4 is 22.8 Å². The van der Waals surface area contributed by atoms with Crippen LogP contribution in [0.4, 0.5) is 0 Å². The van der Waals surface area contributed by atoms with Crippen molar-refractivity contribution in [1.29, 1.82) is 0 Å². The van der Waals surface area contributed by atoms with E-state index >= 15 is 0 Å². The quantitative estimate of drug-likeness (QED) is 0.881. The molecular weight excluding hydrogens is 308 g/mol. The number of carbonyl (C=O) groups is 2. The van der Waals surface area contributed by atoms with Gasteiger partial charge in [-0.2, -0.15) is 0 Å². The Kier molecular flexibility index (Phi) is 3.72. The molecule has 2 fully saturated rings. The maximum atomic E-state index is 12.6. The van der Waals surface area contributed by atoms with Crippen LogP contribution in [0.15, 0.2) is 29.0 Å². The molecule has 2 unspecified atom stereocenters. The van der Waals surface area contributed by atoms with Crippen molar-refractivity contribution < 1.29 is 14.0 Å². The maximum Gasteiger partial charge on any atom is 0.270 e. The second kappa shape index (κ2) is 5.90. The molecule has 7 heteroatoms. The van der Waals surface area contributed by atoms with Crippen LogP contribution < -0.4 is 10.6 Å². The topological polar surface area (TPSA) is 87.5 Å². The fraction of sp³-hybridized carbons (Fsp3) is 0.471. The number of carbonyl (C=O) groups excluding carboxylic acids is 2. The van der Waals surface area contributed by atoms with Gasteiger partial charge in [0, 0.05) is 25.4 Å². The van der Waals surface area contributed by atoms with Crippen molar-refractivity contribution in [3.05, 3.63) is 30.3 Å². The third-order valence-corrected chi connectivity index (χ3v) is 4.92. The third-order valence-electron chi connectivity index (χ3n) is 4.92. The van der Waals surface area contributed by atoms with Crippen LogP contribution in [0.25, 0.3) is 11.0 Å². The molecule has 7 nitrogen and oxygen atoms in total. The third kappa shape index (κ3) is 2.75. The molecule has 0 saturated carbocycles. The fourth-order valence-electron chi connectivity index (χ4n) is 3.82. The number of piperidine rings is 1. The molecule has 2 aliphatic heterocycles. The fourth-order valence-corrected chi connectivity index (χ4v) is 3.82. The number of fused-ring (bicyclic) bond motifs is 3. The van der Waals surface area contributed by atoms with Crippen LogP contribution in [0.5, 0.6) is 0 Å². The molecular formula is C17H20N4O3. The molecule has 24 heavy (non-hydrogen) atoms. The number of hydrogen-bond acceptors (Lipinski definition) is 5. The van der Waals surface area contributed by atoms with Gasteiger partial charge in [0.05, 0.1) is 18.5 Å². The monoisotopic (exact) mass is 328 g/mol. The predicted octanol–water partition coefficient (Wildman–Crippen LogP) is 1.11. The Balaban J connectivity index is 1.53. The predicted molar refractivity (Wildman–Crippen MR) is 87.2 cm³/mol. The molecule has 2 N–H and O–H groups in total. The lowest BCUT2D eigenvalue weighted by atomic mass is 9.94. The number of nitrogens with one attached hydrogen (secondary N) is 2. The highest BCUT2D eigenvalue weighted by Gasteiger charge is 2.41. The summed E-state index contributed by atoms with van der Waals surface area (Å²) in [6.45, 7) is 3.45. The summed E-state index contributed by atoms with van der Waals surface area (Å²) >= 11 is 0. The van der Waals surface area contributed by atoms with E-state index in [0.717, 1.165) is 31.3 Å². The summed E-state index contributed by atoms with van der Waals surface area (Å²) in [5.74, 6) is 0.271. The molecule has 4 atom stereocenters. The number of furan rings is 1. The van der Waals surface area contributed by atoms with Gasteiger partial charge in [-0.25, -0.2) is 4.98 Å². The van der Waals surface area contributed by atoms with Crippen LogP contribution in [-0.4, -0.2) is 47.0 Å². The summed E-state index contributed by atoms with van der Waals surface area (Å²) in [5.41, 5.74) is 1.02. The van der Waals surface area contributed by atoms with E-state index in [2.05, 4.69) is 20.5 Å². The van der Waals surface area contributed by atoms with Gasteiger partial charge in [0.2, 0.25) is 5.91 Å². The standard InChI is InChI=1S/C17H20N4O3/c1-10(22)19-16-13(6-11-2-4-21(16)9-11)20-17(23)14-7-12-3-5-24-15(12)8-18-14/h3,5,7-8,11,13,16H,2,4,6,9H2,1H3,(H,19,22)(H,20,23)/t11-,13-,16?/m1/s1. The van der Waals surface area contributed by atoms with E-state index in [4.69, 9.17) is 4.42 Å². The number of aromatic nitrogens is 1. The molecule has 2 bridgehead atoms. The minimum Gasteiger partial charge on any atom is -0.463 e. The molecule has 4 rings (SSSR count). The van der Waals surface area contributed by atoms with E-state index in [9.17, 15) is 9.59 Å². The number of nitrogens with zero attached hydrogens (tertiary/aromatic N) is 2. The summed E-state index contributed by atoms with van der Waals surface area (Å²) in [6, 6.07) is 3.42. The summed E-state index contributed by atoms with van der Waals surface area (Å²) in [5, 5.41) is 6.89. The van der Waals surface area contributed by atoms with Crippen LogP contribution in [-0.2, 0) is 4.79 Å². The zero-order valence-corrected chi connectivity index (χ0v) is 13.5. The van der Waals surface area contributed by atoms with Crippen LogP contribution in [0.2, 0.25) is 0 Å². The Morgan fingerprint density at radius 3 is 3.08 bits per heavy atom. The van der Waals surface area contributed by atoms with E-state index in [1.807, 2.05) is 0 Å². The minimum absolute atomic E-state index is 0.0810. The lowest BCUT2D eigenvalue weighted by Crippen LogP contribution is -2.61. The molecule has 2 aliphatic rings. The van der Waals surface area contributed by atoms with Gasteiger partial charge in [-0.05, 0) is 30.9 Å². The number of amides is 2. The number of hydrogen-bond donors (Lipinski definition) is 2. The van der Waals surface area contributed by atoms with Gasteiger partial charge in [0.15, 0.2) is 5.58 Å². The first kappa shape index (κ1) is 15.1. The van der Waals surface area contributed by atoms with Crippen molar-refractivity contribution in [1.82, 2.24) is 20.5 Å². The smallest absolute Gasteiger partial charge is 0.270 e. The Hall–Kier alpha value is -2.41. The number of rotatable bonds is 3. The van der Waals surface area contributed by atoms with Gasteiger partial charge in [-0.3, -0.25) is 14.5 Å². The highest BCUT2D eigenvalue weighted by atomic mass is 16.3.